The molecule has 5 nitrogen and oxygen atoms in total. The van der Waals surface area contributed by atoms with Crippen molar-refractivity contribution in [2.45, 2.75) is 32.6 Å². The lowest BCUT2D eigenvalue weighted by Gasteiger charge is -2.27. The van der Waals surface area contributed by atoms with Crippen molar-refractivity contribution in [3.63, 3.8) is 0 Å². The van der Waals surface area contributed by atoms with E-state index in [9.17, 15) is 12.8 Å². The molecule has 134 valence electrons. The number of halogens is 1. The van der Waals surface area contributed by atoms with Crippen LogP contribution in [-0.2, 0) is 10.0 Å². The number of benzene rings is 1. The van der Waals surface area contributed by atoms with Crippen molar-refractivity contribution in [1.82, 2.24) is 9.21 Å². The first kappa shape index (κ1) is 20.6. The molecule has 0 amide bonds. The predicted molar refractivity (Wildman–Crippen MR) is 92.5 cm³/mol. The molecule has 24 heavy (non-hydrogen) atoms. The third kappa shape index (κ3) is 5.26. The summed E-state index contributed by atoms with van der Waals surface area (Å²) in [7, 11) is -3.77. The zero-order valence-electron chi connectivity index (χ0n) is 14.8. The molecule has 0 saturated heterocycles. The number of hydrogen-bond acceptors (Lipinski definition) is 4. The number of likely N-dealkylation sites (N-methyl/N-ethyl adjacent to an activating group) is 1. The van der Waals surface area contributed by atoms with Crippen LogP contribution >= 0.6 is 0 Å². The minimum absolute atomic E-state index is 0.0411. The molecular weight excluding hydrogens is 329 g/mol. The number of sulfonamides is 1. The third-order valence-electron chi connectivity index (χ3n) is 3.82. The standard InChI is InChI=1S/C17H26FN3O2S/c1-5-20(6-2)9-10-21(13-14(3)4)24(22,23)16-7-8-17(18)15(11-16)12-19/h7-8,11,14H,5-6,9-10,13H2,1-4H3. The Morgan fingerprint density at radius 1 is 1.21 bits per heavy atom. The SMILES string of the molecule is CCN(CC)CCN(CC(C)C)S(=O)(=O)c1ccc(F)c(C#N)c1. The van der Waals surface area contributed by atoms with E-state index in [2.05, 4.69) is 4.90 Å². The third-order valence-corrected chi connectivity index (χ3v) is 5.69. The summed E-state index contributed by atoms with van der Waals surface area (Å²) in [6.45, 7) is 11.0. The maximum atomic E-state index is 13.5. The highest BCUT2D eigenvalue weighted by Gasteiger charge is 2.26. The Morgan fingerprint density at radius 3 is 2.33 bits per heavy atom. The Labute approximate surface area is 144 Å². The first-order valence-electron chi connectivity index (χ1n) is 8.18. The van der Waals surface area contributed by atoms with Gasteiger partial charge in [-0.2, -0.15) is 9.57 Å². The van der Waals surface area contributed by atoms with Crippen molar-refractivity contribution < 1.29 is 12.8 Å². The molecule has 0 fully saturated rings. The monoisotopic (exact) mass is 355 g/mol. The second kappa shape index (κ2) is 9.11. The quantitative estimate of drug-likeness (QED) is 0.683. The fourth-order valence-corrected chi connectivity index (χ4v) is 4.03. The number of nitrogens with zero attached hydrogens (tertiary/aromatic N) is 3. The van der Waals surface area contributed by atoms with E-state index in [1.165, 1.54) is 10.4 Å². The first-order valence-corrected chi connectivity index (χ1v) is 9.62. The van der Waals surface area contributed by atoms with E-state index in [1.807, 2.05) is 27.7 Å². The highest BCUT2D eigenvalue weighted by atomic mass is 32.2. The van der Waals surface area contributed by atoms with Crippen LogP contribution in [0.3, 0.4) is 0 Å². The summed E-state index contributed by atoms with van der Waals surface area (Å²) in [5.41, 5.74) is -0.260. The van der Waals surface area contributed by atoms with Crippen LogP contribution in [0, 0.1) is 23.1 Å². The van der Waals surface area contributed by atoms with E-state index in [0.717, 1.165) is 25.2 Å². The lowest BCUT2D eigenvalue weighted by Crippen LogP contribution is -2.40. The van der Waals surface area contributed by atoms with E-state index in [4.69, 9.17) is 5.26 Å². The molecule has 1 rings (SSSR count). The fraction of sp³-hybridized carbons (Fsp3) is 0.588. The van der Waals surface area contributed by atoms with Crippen molar-refractivity contribution in [3.05, 3.63) is 29.6 Å². The van der Waals surface area contributed by atoms with Gasteiger partial charge < -0.3 is 4.90 Å². The summed E-state index contributed by atoms with van der Waals surface area (Å²) >= 11 is 0. The highest BCUT2D eigenvalue weighted by molar-refractivity contribution is 7.89. The highest BCUT2D eigenvalue weighted by Crippen LogP contribution is 2.20. The largest absolute Gasteiger partial charge is 0.303 e. The van der Waals surface area contributed by atoms with Gasteiger partial charge in [0, 0.05) is 19.6 Å². The number of nitriles is 1. The zero-order chi connectivity index (χ0) is 18.3. The van der Waals surface area contributed by atoms with E-state index in [0.29, 0.717) is 19.6 Å². The molecule has 0 N–H and O–H groups in total. The molecular formula is C17H26FN3O2S. The summed E-state index contributed by atoms with van der Waals surface area (Å²) in [5, 5.41) is 8.93. The molecule has 0 atom stereocenters. The Kier molecular flexibility index (Phi) is 7.80. The van der Waals surface area contributed by atoms with Crippen LogP contribution < -0.4 is 0 Å². The molecule has 7 heteroatoms. The fourth-order valence-electron chi connectivity index (χ4n) is 2.41. The van der Waals surface area contributed by atoms with E-state index < -0.39 is 15.8 Å². The van der Waals surface area contributed by atoms with Gasteiger partial charge in [0.15, 0.2) is 0 Å². The molecule has 1 aromatic carbocycles. The predicted octanol–water partition coefficient (Wildman–Crippen LogP) is 2.69. The maximum absolute atomic E-state index is 13.5. The molecule has 0 heterocycles. The second-order valence-corrected chi connectivity index (χ2v) is 7.98. The number of rotatable bonds is 9. The van der Waals surface area contributed by atoms with Gasteiger partial charge in [0.25, 0.3) is 0 Å². The Balaban J connectivity index is 3.13. The molecule has 0 aliphatic heterocycles. The van der Waals surface area contributed by atoms with Crippen molar-refractivity contribution in [2.75, 3.05) is 32.7 Å². The summed E-state index contributed by atoms with van der Waals surface area (Å²) in [5.74, 6) is -0.553. The van der Waals surface area contributed by atoms with Gasteiger partial charge >= 0.3 is 0 Å². The van der Waals surface area contributed by atoms with Crippen LogP contribution in [0.2, 0.25) is 0 Å². The Morgan fingerprint density at radius 2 is 1.83 bits per heavy atom. The summed E-state index contributed by atoms with van der Waals surface area (Å²) in [6.07, 6.45) is 0. The van der Waals surface area contributed by atoms with Crippen molar-refractivity contribution >= 4 is 10.0 Å². The van der Waals surface area contributed by atoms with Gasteiger partial charge in [-0.25, -0.2) is 12.8 Å². The average molecular weight is 355 g/mol. The summed E-state index contributed by atoms with van der Waals surface area (Å²) < 4.78 is 40.7. The van der Waals surface area contributed by atoms with Crippen LogP contribution in [0.25, 0.3) is 0 Å². The minimum Gasteiger partial charge on any atom is -0.303 e. The molecule has 0 spiro atoms. The average Bonchev–Trinajstić information content (AvgIpc) is 2.54. The lowest BCUT2D eigenvalue weighted by atomic mass is 10.2. The molecule has 0 aliphatic rings. The van der Waals surface area contributed by atoms with Gasteiger partial charge in [-0.1, -0.05) is 27.7 Å². The van der Waals surface area contributed by atoms with Gasteiger partial charge in [0.05, 0.1) is 10.5 Å². The van der Waals surface area contributed by atoms with Crippen LogP contribution in [0.15, 0.2) is 23.1 Å². The Hall–Kier alpha value is -1.49. The van der Waals surface area contributed by atoms with E-state index in [-0.39, 0.29) is 16.4 Å². The molecule has 0 bridgehead atoms. The van der Waals surface area contributed by atoms with Gasteiger partial charge in [-0.05, 0) is 37.2 Å². The molecule has 0 saturated carbocycles. The van der Waals surface area contributed by atoms with Gasteiger partial charge in [-0.15, -0.1) is 0 Å². The molecule has 0 unspecified atom stereocenters. The van der Waals surface area contributed by atoms with Gasteiger partial charge in [0.2, 0.25) is 10.0 Å². The molecule has 1 aromatic rings. The van der Waals surface area contributed by atoms with Crippen LogP contribution in [0.4, 0.5) is 4.39 Å². The lowest BCUT2D eigenvalue weighted by molar-refractivity contribution is 0.262. The first-order chi connectivity index (χ1) is 11.3. The molecule has 0 radical (unpaired) electrons. The van der Waals surface area contributed by atoms with Crippen molar-refractivity contribution in [2.24, 2.45) is 5.92 Å². The van der Waals surface area contributed by atoms with Crippen LogP contribution in [0.1, 0.15) is 33.3 Å². The zero-order valence-corrected chi connectivity index (χ0v) is 15.6. The Bertz CT molecular complexity index is 680. The van der Waals surface area contributed by atoms with Crippen molar-refractivity contribution in [3.8, 4) is 6.07 Å². The smallest absolute Gasteiger partial charge is 0.243 e. The topological polar surface area (TPSA) is 64.4 Å². The van der Waals surface area contributed by atoms with Gasteiger partial charge in [-0.3, -0.25) is 0 Å². The van der Waals surface area contributed by atoms with E-state index in [1.54, 1.807) is 6.07 Å². The van der Waals surface area contributed by atoms with E-state index >= 15 is 0 Å². The second-order valence-electron chi connectivity index (χ2n) is 6.04. The summed E-state index contributed by atoms with van der Waals surface area (Å²) in [4.78, 5) is 2.11. The molecule has 0 aliphatic carbocycles. The van der Waals surface area contributed by atoms with Crippen molar-refractivity contribution in [1.29, 1.82) is 5.26 Å². The van der Waals surface area contributed by atoms with Gasteiger partial charge in [0.1, 0.15) is 11.9 Å². The van der Waals surface area contributed by atoms with Crippen LogP contribution in [-0.4, -0.2) is 50.3 Å². The van der Waals surface area contributed by atoms with Crippen LogP contribution in [0.5, 0.6) is 0 Å². The number of hydrogen-bond donors (Lipinski definition) is 0. The molecule has 0 aromatic heterocycles. The summed E-state index contributed by atoms with van der Waals surface area (Å²) in [6, 6.07) is 5.05. The minimum atomic E-state index is -3.77. The normalized spacial score (nSPS) is 12.1. The maximum Gasteiger partial charge on any atom is 0.243 e.